The van der Waals surface area contributed by atoms with Gasteiger partial charge >= 0.3 is 0 Å². The van der Waals surface area contributed by atoms with Crippen molar-refractivity contribution in [3.63, 3.8) is 0 Å². The molecule has 2 saturated heterocycles. The van der Waals surface area contributed by atoms with Crippen LogP contribution in [0.1, 0.15) is 18.4 Å². The van der Waals surface area contributed by atoms with Gasteiger partial charge in [0.05, 0.1) is 12.7 Å². The largest absolute Gasteiger partial charge is 0.375 e. The number of hydrogen-bond acceptors (Lipinski definition) is 3. The van der Waals surface area contributed by atoms with E-state index in [2.05, 4.69) is 31.1 Å². The summed E-state index contributed by atoms with van der Waals surface area (Å²) in [7, 11) is 1.76. The number of guanidine groups is 1. The fourth-order valence-electron chi connectivity index (χ4n) is 3.17. The van der Waals surface area contributed by atoms with E-state index in [1.54, 1.807) is 13.1 Å². The zero-order valence-corrected chi connectivity index (χ0v) is 15.4. The van der Waals surface area contributed by atoms with Crippen molar-refractivity contribution < 1.29 is 13.9 Å². The van der Waals surface area contributed by atoms with Gasteiger partial charge in [0.25, 0.3) is 0 Å². The van der Waals surface area contributed by atoms with Crippen LogP contribution in [-0.2, 0) is 16.0 Å². The maximum atomic E-state index is 13.4. The lowest BCUT2D eigenvalue weighted by molar-refractivity contribution is -0.0817. The van der Waals surface area contributed by atoms with Gasteiger partial charge in [-0.25, -0.2) is 4.39 Å². The highest BCUT2D eigenvalue weighted by molar-refractivity contribution is 9.10. The highest BCUT2D eigenvalue weighted by atomic mass is 79.9. The van der Waals surface area contributed by atoms with Crippen LogP contribution in [0, 0.1) is 5.82 Å². The number of ether oxygens (including phenoxy) is 2. The fraction of sp³-hybridized carbons (Fsp3) is 0.588. The van der Waals surface area contributed by atoms with E-state index in [0.29, 0.717) is 13.2 Å². The van der Waals surface area contributed by atoms with Crippen molar-refractivity contribution in [1.29, 1.82) is 0 Å². The highest BCUT2D eigenvalue weighted by Gasteiger charge is 2.32. The molecule has 0 amide bonds. The Morgan fingerprint density at radius 3 is 2.96 bits per heavy atom. The number of nitrogens with one attached hydrogen (secondary N) is 1. The second-order valence-electron chi connectivity index (χ2n) is 6.04. The number of morpholine rings is 1. The van der Waals surface area contributed by atoms with Gasteiger partial charge in [-0.2, -0.15) is 0 Å². The summed E-state index contributed by atoms with van der Waals surface area (Å²) in [4.78, 5) is 6.55. The van der Waals surface area contributed by atoms with E-state index in [1.807, 2.05) is 0 Å². The number of halogens is 2. The number of hydrogen-bond donors (Lipinski definition) is 1. The van der Waals surface area contributed by atoms with Gasteiger partial charge in [-0.05, 0) is 36.6 Å². The summed E-state index contributed by atoms with van der Waals surface area (Å²) < 4.78 is 25.9. The summed E-state index contributed by atoms with van der Waals surface area (Å²) in [5.41, 5.74) is 0.861. The van der Waals surface area contributed by atoms with E-state index < -0.39 is 0 Å². The predicted molar refractivity (Wildman–Crippen MR) is 94.6 cm³/mol. The molecule has 3 rings (SSSR count). The van der Waals surface area contributed by atoms with Crippen LogP contribution in [0.3, 0.4) is 0 Å². The third-order valence-corrected chi connectivity index (χ3v) is 5.20. The molecular weight excluding hydrogens is 377 g/mol. The molecule has 2 heterocycles. The summed E-state index contributed by atoms with van der Waals surface area (Å²) in [5.74, 6) is 0.562. The summed E-state index contributed by atoms with van der Waals surface area (Å²) in [5, 5.41) is 3.32. The fourth-order valence-corrected chi connectivity index (χ4v) is 3.56. The Morgan fingerprint density at radius 2 is 2.21 bits per heavy atom. The molecule has 1 aromatic carbocycles. The topological polar surface area (TPSA) is 46.1 Å². The van der Waals surface area contributed by atoms with Crippen molar-refractivity contribution in [3.8, 4) is 0 Å². The SMILES string of the molecule is CN=C(NCc1cc(F)ccc1Br)N1CCOC(C2CCCO2)C1. The minimum atomic E-state index is -0.241. The zero-order chi connectivity index (χ0) is 16.9. The summed E-state index contributed by atoms with van der Waals surface area (Å²) in [6.45, 7) is 3.54. The third kappa shape index (κ3) is 4.26. The van der Waals surface area contributed by atoms with Gasteiger partial charge in [-0.15, -0.1) is 0 Å². The molecule has 5 nitrogen and oxygen atoms in total. The third-order valence-electron chi connectivity index (χ3n) is 4.43. The van der Waals surface area contributed by atoms with Crippen LogP contribution in [0.2, 0.25) is 0 Å². The highest BCUT2D eigenvalue weighted by Crippen LogP contribution is 2.21. The van der Waals surface area contributed by atoms with E-state index in [4.69, 9.17) is 9.47 Å². The van der Waals surface area contributed by atoms with Gasteiger partial charge < -0.3 is 19.7 Å². The van der Waals surface area contributed by atoms with Crippen molar-refractivity contribution in [1.82, 2.24) is 10.2 Å². The molecule has 2 atom stereocenters. The maximum absolute atomic E-state index is 13.4. The molecule has 132 valence electrons. The summed E-state index contributed by atoms with van der Waals surface area (Å²) in [6.07, 6.45) is 2.43. The normalized spacial score (nSPS) is 25.1. The lowest BCUT2D eigenvalue weighted by Crippen LogP contribution is -2.53. The molecule has 2 unspecified atom stereocenters. The molecule has 1 N–H and O–H groups in total. The molecule has 0 aromatic heterocycles. The van der Waals surface area contributed by atoms with Gasteiger partial charge in [-0.1, -0.05) is 15.9 Å². The summed E-state index contributed by atoms with van der Waals surface area (Å²) in [6, 6.07) is 4.69. The van der Waals surface area contributed by atoms with E-state index >= 15 is 0 Å². The van der Waals surface area contributed by atoms with Gasteiger partial charge in [-0.3, -0.25) is 4.99 Å². The molecule has 0 saturated carbocycles. The van der Waals surface area contributed by atoms with Gasteiger partial charge in [0.15, 0.2) is 5.96 Å². The molecule has 0 spiro atoms. The van der Waals surface area contributed by atoms with Crippen LogP contribution in [0.5, 0.6) is 0 Å². The van der Waals surface area contributed by atoms with Crippen LogP contribution in [-0.4, -0.2) is 56.4 Å². The van der Waals surface area contributed by atoms with Crippen molar-refractivity contribution in [2.45, 2.75) is 31.6 Å². The van der Waals surface area contributed by atoms with Gasteiger partial charge in [0.1, 0.15) is 11.9 Å². The lowest BCUT2D eigenvalue weighted by atomic mass is 10.1. The molecule has 7 heteroatoms. The molecule has 1 aromatic rings. The molecule has 0 bridgehead atoms. The molecule has 0 radical (unpaired) electrons. The standard InChI is InChI=1S/C17H23BrFN3O2/c1-20-17(21-10-12-9-13(19)4-5-14(12)18)22-6-8-24-16(11-22)15-3-2-7-23-15/h4-5,9,15-16H,2-3,6-8,10-11H2,1H3,(H,20,21). The Balaban J connectivity index is 1.60. The first-order valence-corrected chi connectivity index (χ1v) is 9.09. The van der Waals surface area contributed by atoms with Crippen LogP contribution in [0.4, 0.5) is 4.39 Å². The van der Waals surface area contributed by atoms with Crippen LogP contribution in [0.25, 0.3) is 0 Å². The molecular formula is C17H23BrFN3O2. The van der Waals surface area contributed by atoms with Crippen molar-refractivity contribution in [3.05, 3.63) is 34.1 Å². The van der Waals surface area contributed by atoms with Gasteiger partial charge in [0, 0.05) is 37.8 Å². The zero-order valence-electron chi connectivity index (χ0n) is 13.8. The Bertz CT molecular complexity index is 593. The molecule has 2 aliphatic heterocycles. The molecule has 24 heavy (non-hydrogen) atoms. The first-order valence-electron chi connectivity index (χ1n) is 8.30. The van der Waals surface area contributed by atoms with Crippen LogP contribution < -0.4 is 5.32 Å². The van der Waals surface area contributed by atoms with Crippen molar-refractivity contribution in [2.75, 3.05) is 33.4 Å². The number of aliphatic imine (C=N–C) groups is 1. The Morgan fingerprint density at radius 1 is 1.38 bits per heavy atom. The minimum Gasteiger partial charge on any atom is -0.375 e. The number of nitrogens with zero attached hydrogens (tertiary/aromatic N) is 2. The predicted octanol–water partition coefficient (Wildman–Crippen LogP) is 2.54. The van der Waals surface area contributed by atoms with Crippen LogP contribution >= 0.6 is 15.9 Å². The van der Waals surface area contributed by atoms with E-state index in [0.717, 1.165) is 48.5 Å². The molecule has 2 aliphatic rings. The maximum Gasteiger partial charge on any atom is 0.194 e. The van der Waals surface area contributed by atoms with Crippen molar-refractivity contribution in [2.24, 2.45) is 4.99 Å². The van der Waals surface area contributed by atoms with Crippen molar-refractivity contribution >= 4 is 21.9 Å². The first kappa shape index (κ1) is 17.6. The smallest absolute Gasteiger partial charge is 0.194 e. The van der Waals surface area contributed by atoms with Gasteiger partial charge in [0.2, 0.25) is 0 Å². The second-order valence-corrected chi connectivity index (χ2v) is 6.90. The number of benzene rings is 1. The molecule has 0 aliphatic carbocycles. The van der Waals surface area contributed by atoms with Crippen LogP contribution in [0.15, 0.2) is 27.7 Å². The van der Waals surface area contributed by atoms with E-state index in [9.17, 15) is 4.39 Å². The van der Waals surface area contributed by atoms with E-state index in [1.165, 1.54) is 12.1 Å². The lowest BCUT2D eigenvalue weighted by Gasteiger charge is -2.37. The monoisotopic (exact) mass is 399 g/mol. The molecule has 2 fully saturated rings. The Hall–Kier alpha value is -1.18. The Kier molecular flexibility index (Phi) is 6.08. The average Bonchev–Trinajstić information content (AvgIpc) is 3.13. The second kappa shape index (κ2) is 8.27. The number of rotatable bonds is 3. The quantitative estimate of drug-likeness (QED) is 0.626. The summed E-state index contributed by atoms with van der Waals surface area (Å²) >= 11 is 3.46. The average molecular weight is 400 g/mol. The Labute approximate surface area is 150 Å². The minimum absolute atomic E-state index is 0.0840. The first-order chi connectivity index (χ1) is 11.7. The van der Waals surface area contributed by atoms with E-state index in [-0.39, 0.29) is 18.0 Å².